The second-order valence-corrected chi connectivity index (χ2v) is 4.30. The van der Waals surface area contributed by atoms with Crippen LogP contribution in [0.4, 0.5) is 0 Å². The van der Waals surface area contributed by atoms with E-state index in [1.54, 1.807) is 0 Å². The van der Waals surface area contributed by atoms with Gasteiger partial charge in [-0.2, -0.15) is 0 Å². The first-order chi connectivity index (χ1) is 6.36. The summed E-state index contributed by atoms with van der Waals surface area (Å²) in [5.74, 6) is 0. The van der Waals surface area contributed by atoms with Crippen LogP contribution < -0.4 is 5.32 Å². The summed E-state index contributed by atoms with van der Waals surface area (Å²) < 4.78 is 0. The Kier molecular flexibility index (Phi) is 3.19. The molecule has 2 aliphatic heterocycles. The first kappa shape index (κ1) is 9.44. The second kappa shape index (κ2) is 4.40. The number of piperazine rings is 1. The lowest BCUT2D eigenvalue weighted by Crippen LogP contribution is -2.55. The van der Waals surface area contributed by atoms with Crippen molar-refractivity contribution in [2.75, 3.05) is 39.8 Å². The van der Waals surface area contributed by atoms with Gasteiger partial charge < -0.3 is 10.2 Å². The Morgan fingerprint density at radius 2 is 1.85 bits per heavy atom. The summed E-state index contributed by atoms with van der Waals surface area (Å²) in [6.07, 6.45) is 4.81. The molecule has 0 spiro atoms. The van der Waals surface area contributed by atoms with E-state index in [2.05, 4.69) is 22.2 Å². The highest BCUT2D eigenvalue weighted by Gasteiger charge is 2.23. The zero-order valence-corrected chi connectivity index (χ0v) is 8.63. The largest absolute Gasteiger partial charge is 0.304 e. The topological polar surface area (TPSA) is 18.5 Å². The van der Waals surface area contributed by atoms with E-state index in [-0.39, 0.29) is 0 Å². The average molecular weight is 183 g/mol. The van der Waals surface area contributed by atoms with Crippen molar-refractivity contribution in [3.8, 4) is 0 Å². The lowest BCUT2D eigenvalue weighted by atomic mass is 10.1. The Bertz CT molecular complexity index is 146. The molecule has 13 heavy (non-hydrogen) atoms. The fraction of sp³-hybridized carbons (Fsp3) is 1.00. The van der Waals surface area contributed by atoms with Crippen LogP contribution in [-0.4, -0.2) is 55.7 Å². The summed E-state index contributed by atoms with van der Waals surface area (Å²) in [4.78, 5) is 5.03. The van der Waals surface area contributed by atoms with Gasteiger partial charge in [-0.05, 0) is 32.9 Å². The van der Waals surface area contributed by atoms with E-state index in [9.17, 15) is 0 Å². The van der Waals surface area contributed by atoms with Gasteiger partial charge in [0.15, 0.2) is 0 Å². The highest BCUT2D eigenvalue weighted by molar-refractivity contribution is 4.78. The van der Waals surface area contributed by atoms with Crippen LogP contribution in [0.1, 0.15) is 19.3 Å². The van der Waals surface area contributed by atoms with Gasteiger partial charge in [-0.15, -0.1) is 0 Å². The monoisotopic (exact) mass is 183 g/mol. The number of piperidine rings is 1. The molecule has 2 heterocycles. The molecule has 1 N–H and O–H groups in total. The van der Waals surface area contributed by atoms with Crippen LogP contribution in [0.2, 0.25) is 0 Å². The first-order valence-electron chi connectivity index (χ1n) is 5.52. The van der Waals surface area contributed by atoms with E-state index < -0.39 is 0 Å². The maximum Gasteiger partial charge on any atom is 0.0597 e. The predicted octanol–water partition coefficient (Wildman–Crippen LogP) is 0.333. The molecule has 0 aliphatic carbocycles. The standard InChI is InChI=1S/C10H21N3/c1-12-6-8-13(9-7-12)10-4-2-3-5-11-10/h10-11H,2-9H2,1H3. The fourth-order valence-corrected chi connectivity index (χ4v) is 2.28. The molecule has 76 valence electrons. The maximum atomic E-state index is 3.61. The predicted molar refractivity (Wildman–Crippen MR) is 54.7 cm³/mol. The highest BCUT2D eigenvalue weighted by atomic mass is 15.3. The molecule has 0 amide bonds. The van der Waals surface area contributed by atoms with Gasteiger partial charge in [-0.3, -0.25) is 4.90 Å². The van der Waals surface area contributed by atoms with E-state index in [1.165, 1.54) is 52.0 Å². The van der Waals surface area contributed by atoms with Gasteiger partial charge in [0, 0.05) is 26.2 Å². The minimum absolute atomic E-state index is 0.683. The van der Waals surface area contributed by atoms with Gasteiger partial charge in [0.05, 0.1) is 6.17 Å². The number of hydrogen-bond donors (Lipinski definition) is 1. The minimum atomic E-state index is 0.683. The quantitative estimate of drug-likeness (QED) is 0.632. The van der Waals surface area contributed by atoms with Crippen molar-refractivity contribution in [2.45, 2.75) is 25.4 Å². The smallest absolute Gasteiger partial charge is 0.0597 e. The molecule has 1 unspecified atom stereocenters. The van der Waals surface area contributed by atoms with Crippen LogP contribution in [-0.2, 0) is 0 Å². The number of rotatable bonds is 1. The fourth-order valence-electron chi connectivity index (χ4n) is 2.28. The average Bonchev–Trinajstić information content (AvgIpc) is 2.20. The van der Waals surface area contributed by atoms with Crippen molar-refractivity contribution in [3.05, 3.63) is 0 Å². The third-order valence-corrected chi connectivity index (χ3v) is 3.26. The molecule has 2 aliphatic rings. The summed E-state index contributed by atoms with van der Waals surface area (Å²) in [5.41, 5.74) is 0. The SMILES string of the molecule is CN1CCN(C2CCCCN2)CC1. The number of nitrogens with zero attached hydrogens (tertiary/aromatic N) is 2. The molecule has 0 aromatic rings. The van der Waals surface area contributed by atoms with E-state index in [4.69, 9.17) is 0 Å². The van der Waals surface area contributed by atoms with Crippen molar-refractivity contribution in [2.24, 2.45) is 0 Å². The van der Waals surface area contributed by atoms with Gasteiger partial charge in [0.1, 0.15) is 0 Å². The minimum Gasteiger partial charge on any atom is -0.304 e. The van der Waals surface area contributed by atoms with E-state index in [0.717, 1.165) is 0 Å². The van der Waals surface area contributed by atoms with Crippen LogP contribution in [0, 0.1) is 0 Å². The molecule has 2 saturated heterocycles. The molecule has 2 fully saturated rings. The third kappa shape index (κ3) is 2.42. The van der Waals surface area contributed by atoms with E-state index in [0.29, 0.717) is 6.17 Å². The molecule has 1 atom stereocenters. The van der Waals surface area contributed by atoms with Crippen molar-refractivity contribution in [3.63, 3.8) is 0 Å². The van der Waals surface area contributed by atoms with Gasteiger partial charge in [-0.25, -0.2) is 0 Å². The second-order valence-electron chi connectivity index (χ2n) is 4.30. The van der Waals surface area contributed by atoms with Crippen molar-refractivity contribution in [1.82, 2.24) is 15.1 Å². The van der Waals surface area contributed by atoms with Gasteiger partial charge in [-0.1, -0.05) is 0 Å². The molecule has 0 aromatic heterocycles. The van der Waals surface area contributed by atoms with Crippen LogP contribution in [0.3, 0.4) is 0 Å². The summed E-state index contributed by atoms with van der Waals surface area (Å²) in [5, 5.41) is 3.61. The van der Waals surface area contributed by atoms with Gasteiger partial charge >= 0.3 is 0 Å². The molecule has 3 nitrogen and oxygen atoms in total. The van der Waals surface area contributed by atoms with Gasteiger partial charge in [0.2, 0.25) is 0 Å². The molecule has 3 heteroatoms. The molecular formula is C10H21N3. The van der Waals surface area contributed by atoms with Crippen LogP contribution in [0.25, 0.3) is 0 Å². The van der Waals surface area contributed by atoms with Gasteiger partial charge in [0.25, 0.3) is 0 Å². The third-order valence-electron chi connectivity index (χ3n) is 3.26. The van der Waals surface area contributed by atoms with Crippen LogP contribution in [0.15, 0.2) is 0 Å². The zero-order chi connectivity index (χ0) is 9.10. The maximum absolute atomic E-state index is 3.61. The number of hydrogen-bond acceptors (Lipinski definition) is 3. The Labute approximate surface area is 81.1 Å². The van der Waals surface area contributed by atoms with E-state index in [1.807, 2.05) is 0 Å². The highest BCUT2D eigenvalue weighted by Crippen LogP contribution is 2.12. The Hall–Kier alpha value is -0.120. The Morgan fingerprint density at radius 3 is 2.46 bits per heavy atom. The van der Waals surface area contributed by atoms with Crippen LogP contribution in [0.5, 0.6) is 0 Å². The normalized spacial score (nSPS) is 33.5. The molecule has 0 saturated carbocycles. The molecule has 0 radical (unpaired) electrons. The van der Waals surface area contributed by atoms with Crippen molar-refractivity contribution < 1.29 is 0 Å². The lowest BCUT2D eigenvalue weighted by molar-refractivity contribution is 0.0794. The summed E-state index contributed by atoms with van der Waals surface area (Å²) in [6, 6.07) is 0. The molecule has 0 bridgehead atoms. The Morgan fingerprint density at radius 1 is 1.08 bits per heavy atom. The molecule has 2 rings (SSSR count). The Balaban J connectivity index is 1.79. The van der Waals surface area contributed by atoms with Crippen LogP contribution >= 0.6 is 0 Å². The first-order valence-corrected chi connectivity index (χ1v) is 5.52. The molecule has 0 aromatic carbocycles. The van der Waals surface area contributed by atoms with E-state index >= 15 is 0 Å². The lowest BCUT2D eigenvalue weighted by Gasteiger charge is -2.40. The van der Waals surface area contributed by atoms with Crippen molar-refractivity contribution in [1.29, 1.82) is 0 Å². The summed E-state index contributed by atoms with van der Waals surface area (Å²) >= 11 is 0. The summed E-state index contributed by atoms with van der Waals surface area (Å²) in [6.45, 7) is 6.18. The zero-order valence-electron chi connectivity index (χ0n) is 8.63. The number of nitrogens with one attached hydrogen (secondary N) is 1. The number of likely N-dealkylation sites (N-methyl/N-ethyl adjacent to an activating group) is 1. The summed E-state index contributed by atoms with van der Waals surface area (Å²) in [7, 11) is 2.21. The van der Waals surface area contributed by atoms with Crippen molar-refractivity contribution >= 4 is 0 Å². The molecular weight excluding hydrogens is 162 g/mol.